The zero-order valence-corrected chi connectivity index (χ0v) is 14.3. The molecule has 0 aromatic heterocycles. The SMILES string of the molecule is CC(C)c1ccccc1NC(=O)C(=O)Nc1cc([N+](=O)[O-])ccc1Cl. The van der Waals surface area contributed by atoms with Crippen LogP contribution in [0.1, 0.15) is 25.3 Å². The number of carbonyl (C=O) groups excluding carboxylic acids is 2. The highest BCUT2D eigenvalue weighted by Gasteiger charge is 2.19. The number of amides is 2. The second-order valence-corrected chi connectivity index (χ2v) is 5.98. The van der Waals surface area contributed by atoms with Crippen LogP contribution < -0.4 is 10.6 Å². The van der Waals surface area contributed by atoms with Crippen LogP contribution in [0.25, 0.3) is 0 Å². The average molecular weight is 362 g/mol. The number of benzene rings is 2. The van der Waals surface area contributed by atoms with Gasteiger partial charge in [-0.25, -0.2) is 0 Å². The van der Waals surface area contributed by atoms with E-state index in [4.69, 9.17) is 11.6 Å². The van der Waals surface area contributed by atoms with Crippen molar-refractivity contribution in [1.82, 2.24) is 0 Å². The van der Waals surface area contributed by atoms with Crippen molar-refractivity contribution in [2.45, 2.75) is 19.8 Å². The fourth-order valence-corrected chi connectivity index (χ4v) is 2.36. The van der Waals surface area contributed by atoms with Gasteiger partial charge in [-0.1, -0.05) is 43.6 Å². The van der Waals surface area contributed by atoms with Crippen molar-refractivity contribution in [3.63, 3.8) is 0 Å². The van der Waals surface area contributed by atoms with Gasteiger partial charge in [0.1, 0.15) is 0 Å². The molecule has 0 aliphatic carbocycles. The van der Waals surface area contributed by atoms with E-state index in [1.165, 1.54) is 12.1 Å². The summed E-state index contributed by atoms with van der Waals surface area (Å²) in [5, 5.41) is 15.7. The van der Waals surface area contributed by atoms with E-state index >= 15 is 0 Å². The number of para-hydroxylation sites is 1. The highest BCUT2D eigenvalue weighted by Crippen LogP contribution is 2.27. The van der Waals surface area contributed by atoms with E-state index < -0.39 is 16.7 Å². The summed E-state index contributed by atoms with van der Waals surface area (Å²) in [6.07, 6.45) is 0. The number of halogens is 1. The van der Waals surface area contributed by atoms with Gasteiger partial charge in [-0.2, -0.15) is 0 Å². The molecular formula is C17H16ClN3O4. The molecule has 2 aromatic carbocycles. The van der Waals surface area contributed by atoms with Crippen LogP contribution in [-0.4, -0.2) is 16.7 Å². The van der Waals surface area contributed by atoms with Crippen LogP contribution in [0.4, 0.5) is 17.1 Å². The Hall–Kier alpha value is -2.93. The zero-order chi connectivity index (χ0) is 18.6. The standard InChI is InChI=1S/C17H16ClN3O4/c1-10(2)12-5-3-4-6-14(12)19-16(22)17(23)20-15-9-11(21(24)25)7-8-13(15)18/h3-10H,1-2H3,(H,19,22)(H,20,23). The molecule has 0 aliphatic rings. The minimum atomic E-state index is -0.971. The van der Waals surface area contributed by atoms with Crippen molar-refractivity contribution in [1.29, 1.82) is 0 Å². The van der Waals surface area contributed by atoms with Crippen LogP contribution in [0.5, 0.6) is 0 Å². The minimum Gasteiger partial charge on any atom is -0.318 e. The third kappa shape index (κ3) is 4.54. The summed E-state index contributed by atoms with van der Waals surface area (Å²) in [6, 6.07) is 10.7. The number of rotatable bonds is 4. The van der Waals surface area contributed by atoms with Crippen molar-refractivity contribution >= 4 is 40.5 Å². The summed E-state index contributed by atoms with van der Waals surface area (Å²) in [5.74, 6) is -1.71. The molecule has 0 bridgehead atoms. The molecule has 2 N–H and O–H groups in total. The topological polar surface area (TPSA) is 101 Å². The number of non-ortho nitro benzene ring substituents is 1. The Bertz CT molecular complexity index is 836. The second kappa shape index (κ2) is 7.76. The van der Waals surface area contributed by atoms with E-state index in [9.17, 15) is 19.7 Å². The normalized spacial score (nSPS) is 10.4. The van der Waals surface area contributed by atoms with Crippen molar-refractivity contribution in [3.05, 3.63) is 63.2 Å². The number of carbonyl (C=O) groups is 2. The summed E-state index contributed by atoms with van der Waals surface area (Å²) in [4.78, 5) is 34.4. The Balaban J connectivity index is 2.15. The molecular weight excluding hydrogens is 346 g/mol. The number of nitro benzene ring substituents is 1. The molecule has 0 radical (unpaired) electrons. The van der Waals surface area contributed by atoms with Crippen LogP contribution in [0.2, 0.25) is 5.02 Å². The lowest BCUT2D eigenvalue weighted by molar-refractivity contribution is -0.384. The van der Waals surface area contributed by atoms with Gasteiger partial charge < -0.3 is 10.6 Å². The maximum absolute atomic E-state index is 12.1. The molecule has 0 fully saturated rings. The first-order valence-corrected chi connectivity index (χ1v) is 7.82. The first-order valence-electron chi connectivity index (χ1n) is 7.44. The Morgan fingerprint density at radius 1 is 1.04 bits per heavy atom. The lowest BCUT2D eigenvalue weighted by atomic mass is 10.0. The quantitative estimate of drug-likeness (QED) is 0.489. The fourth-order valence-electron chi connectivity index (χ4n) is 2.20. The molecule has 8 heteroatoms. The van der Waals surface area contributed by atoms with E-state index in [0.717, 1.165) is 11.6 Å². The van der Waals surface area contributed by atoms with Crippen LogP contribution >= 0.6 is 11.6 Å². The van der Waals surface area contributed by atoms with Gasteiger partial charge in [0.05, 0.1) is 15.6 Å². The van der Waals surface area contributed by atoms with E-state index in [-0.39, 0.29) is 22.3 Å². The van der Waals surface area contributed by atoms with Crippen molar-refractivity contribution < 1.29 is 14.5 Å². The fraction of sp³-hybridized carbons (Fsp3) is 0.176. The average Bonchev–Trinajstić information content (AvgIpc) is 2.56. The number of hydrogen-bond donors (Lipinski definition) is 2. The molecule has 2 amide bonds. The van der Waals surface area contributed by atoms with Crippen LogP contribution in [-0.2, 0) is 9.59 Å². The Morgan fingerprint density at radius 2 is 1.64 bits per heavy atom. The van der Waals surface area contributed by atoms with Gasteiger partial charge in [-0.3, -0.25) is 19.7 Å². The maximum Gasteiger partial charge on any atom is 0.314 e. The second-order valence-electron chi connectivity index (χ2n) is 5.57. The largest absolute Gasteiger partial charge is 0.318 e. The van der Waals surface area contributed by atoms with E-state index in [1.54, 1.807) is 12.1 Å². The monoisotopic (exact) mass is 361 g/mol. The third-order valence-electron chi connectivity index (χ3n) is 3.45. The summed E-state index contributed by atoms with van der Waals surface area (Å²) in [7, 11) is 0. The summed E-state index contributed by atoms with van der Waals surface area (Å²) < 4.78 is 0. The maximum atomic E-state index is 12.1. The van der Waals surface area contributed by atoms with Crippen molar-refractivity contribution in [2.24, 2.45) is 0 Å². The molecule has 25 heavy (non-hydrogen) atoms. The molecule has 0 saturated heterocycles. The van der Waals surface area contributed by atoms with E-state index in [1.807, 2.05) is 26.0 Å². The molecule has 0 aliphatic heterocycles. The molecule has 2 aromatic rings. The van der Waals surface area contributed by atoms with Gasteiger partial charge in [0.15, 0.2) is 0 Å². The zero-order valence-electron chi connectivity index (χ0n) is 13.6. The van der Waals surface area contributed by atoms with Gasteiger partial charge in [0, 0.05) is 17.8 Å². The van der Waals surface area contributed by atoms with Crippen molar-refractivity contribution in [2.75, 3.05) is 10.6 Å². The van der Waals surface area contributed by atoms with Gasteiger partial charge in [0.25, 0.3) is 5.69 Å². The summed E-state index contributed by atoms with van der Waals surface area (Å²) >= 11 is 5.91. The van der Waals surface area contributed by atoms with Gasteiger partial charge in [-0.15, -0.1) is 0 Å². The highest BCUT2D eigenvalue weighted by molar-refractivity contribution is 6.45. The number of nitrogens with one attached hydrogen (secondary N) is 2. The number of hydrogen-bond acceptors (Lipinski definition) is 4. The molecule has 0 saturated carbocycles. The molecule has 7 nitrogen and oxygen atoms in total. The number of anilines is 2. The first-order chi connectivity index (χ1) is 11.8. The molecule has 0 heterocycles. The Labute approximate surface area is 149 Å². The van der Waals surface area contributed by atoms with Gasteiger partial charge in [-0.05, 0) is 23.6 Å². The van der Waals surface area contributed by atoms with Crippen LogP contribution in [0, 0.1) is 10.1 Å². The van der Waals surface area contributed by atoms with Crippen LogP contribution in [0.3, 0.4) is 0 Å². The smallest absolute Gasteiger partial charge is 0.314 e. The summed E-state index contributed by atoms with van der Waals surface area (Å²) in [6.45, 7) is 3.93. The van der Waals surface area contributed by atoms with Crippen molar-refractivity contribution in [3.8, 4) is 0 Å². The van der Waals surface area contributed by atoms with E-state index in [0.29, 0.717) is 5.69 Å². The van der Waals surface area contributed by atoms with E-state index in [2.05, 4.69) is 10.6 Å². The van der Waals surface area contributed by atoms with Gasteiger partial charge >= 0.3 is 11.8 Å². The van der Waals surface area contributed by atoms with Gasteiger partial charge in [0.2, 0.25) is 0 Å². The molecule has 2 rings (SSSR count). The lowest BCUT2D eigenvalue weighted by Crippen LogP contribution is -2.29. The van der Waals surface area contributed by atoms with Crippen LogP contribution in [0.15, 0.2) is 42.5 Å². The first kappa shape index (κ1) is 18.4. The number of nitro groups is 1. The highest BCUT2D eigenvalue weighted by atomic mass is 35.5. The lowest BCUT2D eigenvalue weighted by Gasteiger charge is -2.13. The predicted octanol–water partition coefficient (Wildman–Crippen LogP) is 3.95. The summed E-state index contributed by atoms with van der Waals surface area (Å²) in [5.41, 5.74) is 1.17. The molecule has 0 unspecified atom stereocenters. The molecule has 130 valence electrons. The number of nitrogens with zero attached hydrogens (tertiary/aromatic N) is 1. The predicted molar refractivity (Wildman–Crippen MR) is 95.9 cm³/mol. The molecule has 0 spiro atoms. The third-order valence-corrected chi connectivity index (χ3v) is 3.78. The minimum absolute atomic E-state index is 0.00633. The Morgan fingerprint density at radius 3 is 2.24 bits per heavy atom. The molecule has 0 atom stereocenters. The Kier molecular flexibility index (Phi) is 5.71.